The van der Waals surface area contributed by atoms with Crippen molar-refractivity contribution >= 4 is 21.9 Å². The van der Waals surface area contributed by atoms with E-state index in [1.165, 1.54) is 0 Å². The highest BCUT2D eigenvalue weighted by atomic mass is 79.9. The fraction of sp³-hybridized carbons (Fsp3) is 0.118. The van der Waals surface area contributed by atoms with Gasteiger partial charge in [0.25, 0.3) is 0 Å². The highest BCUT2D eigenvalue weighted by molar-refractivity contribution is 9.10. The number of carbonyl (C=O) groups is 1. The molecule has 0 bridgehead atoms. The Labute approximate surface area is 132 Å². The first-order valence-electron chi connectivity index (χ1n) is 6.45. The van der Waals surface area contributed by atoms with Gasteiger partial charge in [0.05, 0.1) is 4.47 Å². The summed E-state index contributed by atoms with van der Waals surface area (Å²) in [5.74, 6) is -0.449. The Balaban J connectivity index is 2.43. The van der Waals surface area contributed by atoms with Crippen LogP contribution in [-0.4, -0.2) is 17.7 Å². The lowest BCUT2D eigenvalue weighted by atomic mass is 10.0. The summed E-state index contributed by atoms with van der Waals surface area (Å²) >= 11 is 3.46. The average Bonchev–Trinajstić information content (AvgIpc) is 2.47. The number of rotatable bonds is 6. The van der Waals surface area contributed by atoms with Gasteiger partial charge in [0.2, 0.25) is 0 Å². The van der Waals surface area contributed by atoms with E-state index in [0.29, 0.717) is 12.2 Å². The molecule has 0 aliphatic heterocycles. The smallest absolute Gasteiger partial charge is 0.341 e. The second-order valence-corrected chi connectivity index (χ2v) is 5.34. The van der Waals surface area contributed by atoms with Crippen LogP contribution in [0.2, 0.25) is 0 Å². The van der Waals surface area contributed by atoms with Crippen molar-refractivity contribution in [3.8, 4) is 16.9 Å². The van der Waals surface area contributed by atoms with E-state index >= 15 is 0 Å². The van der Waals surface area contributed by atoms with Crippen LogP contribution in [0, 0.1) is 0 Å². The molecule has 0 saturated carbocycles. The molecule has 0 fully saturated rings. The van der Waals surface area contributed by atoms with Gasteiger partial charge in [-0.3, -0.25) is 0 Å². The van der Waals surface area contributed by atoms with Crippen molar-refractivity contribution in [1.29, 1.82) is 0 Å². The van der Waals surface area contributed by atoms with Crippen LogP contribution in [0.3, 0.4) is 0 Å². The number of ether oxygens (including phenoxy) is 1. The summed E-state index contributed by atoms with van der Waals surface area (Å²) in [7, 11) is 0. The Morgan fingerprint density at radius 1 is 1.24 bits per heavy atom. The van der Waals surface area contributed by atoms with Gasteiger partial charge < -0.3 is 9.84 Å². The first kappa shape index (κ1) is 15.3. The third-order valence-electron chi connectivity index (χ3n) is 2.93. The minimum absolute atomic E-state index is 0.368. The number of halogens is 1. The molecular formula is C17H15BrO3. The molecule has 3 nitrogen and oxygen atoms in total. The number of hydrogen-bond donors (Lipinski definition) is 1. The zero-order valence-electron chi connectivity index (χ0n) is 11.4. The summed E-state index contributed by atoms with van der Waals surface area (Å²) in [6, 6.07) is 13.9. The zero-order valence-corrected chi connectivity index (χ0v) is 13.0. The third kappa shape index (κ3) is 3.95. The molecular weight excluding hydrogens is 332 g/mol. The van der Waals surface area contributed by atoms with Crippen LogP contribution in [0.15, 0.2) is 59.6 Å². The number of carboxylic acid groups (broad SMARTS) is 1. The van der Waals surface area contributed by atoms with Crippen LogP contribution in [0.5, 0.6) is 5.75 Å². The molecule has 21 heavy (non-hydrogen) atoms. The van der Waals surface area contributed by atoms with Gasteiger partial charge in [-0.2, -0.15) is 0 Å². The molecule has 4 heteroatoms. The van der Waals surface area contributed by atoms with Gasteiger partial charge in [0.15, 0.2) is 6.61 Å². The number of benzene rings is 2. The van der Waals surface area contributed by atoms with E-state index < -0.39 is 5.97 Å². The molecule has 0 aliphatic carbocycles. The number of aliphatic carboxylic acids is 1. The minimum Gasteiger partial charge on any atom is -0.480 e. The van der Waals surface area contributed by atoms with Gasteiger partial charge in [-0.05, 0) is 51.2 Å². The molecule has 108 valence electrons. The molecule has 2 aromatic rings. The fourth-order valence-corrected chi connectivity index (χ4v) is 2.67. The van der Waals surface area contributed by atoms with Crippen molar-refractivity contribution in [2.24, 2.45) is 0 Å². The maximum atomic E-state index is 10.7. The first-order chi connectivity index (χ1) is 10.1. The zero-order chi connectivity index (χ0) is 15.2. The SMILES string of the molecule is C=CCc1cc(-c2ccccc2)cc(Br)c1OCC(=O)O. The highest BCUT2D eigenvalue weighted by Crippen LogP contribution is 2.35. The van der Waals surface area contributed by atoms with Crippen molar-refractivity contribution in [3.63, 3.8) is 0 Å². The molecule has 0 spiro atoms. The lowest BCUT2D eigenvalue weighted by molar-refractivity contribution is -0.139. The fourth-order valence-electron chi connectivity index (χ4n) is 2.05. The van der Waals surface area contributed by atoms with Crippen LogP contribution in [-0.2, 0) is 11.2 Å². The second-order valence-electron chi connectivity index (χ2n) is 4.49. The Morgan fingerprint density at radius 2 is 1.95 bits per heavy atom. The van der Waals surface area contributed by atoms with E-state index in [-0.39, 0.29) is 6.61 Å². The topological polar surface area (TPSA) is 46.5 Å². The van der Waals surface area contributed by atoms with Gasteiger partial charge >= 0.3 is 5.97 Å². The van der Waals surface area contributed by atoms with E-state index in [9.17, 15) is 4.79 Å². The van der Waals surface area contributed by atoms with Gasteiger partial charge in [-0.15, -0.1) is 6.58 Å². The van der Waals surface area contributed by atoms with Gasteiger partial charge in [-0.25, -0.2) is 4.79 Å². The Kier molecular flexibility index (Phi) is 5.17. The lowest BCUT2D eigenvalue weighted by Gasteiger charge is -2.14. The van der Waals surface area contributed by atoms with Gasteiger partial charge in [-0.1, -0.05) is 36.4 Å². The molecule has 0 aromatic heterocycles. The summed E-state index contributed by atoms with van der Waals surface area (Å²) in [4.78, 5) is 10.7. The maximum Gasteiger partial charge on any atom is 0.341 e. The van der Waals surface area contributed by atoms with Crippen molar-refractivity contribution in [2.45, 2.75) is 6.42 Å². The van der Waals surface area contributed by atoms with E-state index in [0.717, 1.165) is 21.2 Å². The Bertz CT molecular complexity index is 651. The minimum atomic E-state index is -1.00. The second kappa shape index (κ2) is 7.09. The van der Waals surface area contributed by atoms with Crippen molar-refractivity contribution in [2.75, 3.05) is 6.61 Å². The molecule has 1 N–H and O–H groups in total. The molecule has 0 radical (unpaired) electrons. The average molecular weight is 347 g/mol. The standard InChI is InChI=1S/C17H15BrO3/c1-2-6-13-9-14(12-7-4-3-5-8-12)10-15(18)17(13)21-11-16(19)20/h2-5,7-10H,1,6,11H2,(H,19,20). The summed E-state index contributed by atoms with van der Waals surface area (Å²) in [6.07, 6.45) is 2.37. The normalized spacial score (nSPS) is 10.1. The quantitative estimate of drug-likeness (QED) is 0.792. The van der Waals surface area contributed by atoms with Crippen LogP contribution >= 0.6 is 15.9 Å². The molecule has 2 aromatic carbocycles. The van der Waals surface area contributed by atoms with Crippen molar-refractivity contribution in [3.05, 3.63) is 65.2 Å². The summed E-state index contributed by atoms with van der Waals surface area (Å²) in [5.41, 5.74) is 3.04. The first-order valence-corrected chi connectivity index (χ1v) is 7.24. The lowest BCUT2D eigenvalue weighted by Crippen LogP contribution is -2.11. The van der Waals surface area contributed by atoms with Gasteiger partial charge in [0, 0.05) is 0 Å². The molecule has 0 atom stereocenters. The molecule has 0 saturated heterocycles. The van der Waals surface area contributed by atoms with Crippen LogP contribution in [0.25, 0.3) is 11.1 Å². The third-order valence-corrected chi connectivity index (χ3v) is 3.52. The highest BCUT2D eigenvalue weighted by Gasteiger charge is 2.12. The largest absolute Gasteiger partial charge is 0.480 e. The van der Waals surface area contributed by atoms with Crippen LogP contribution in [0.4, 0.5) is 0 Å². The number of carboxylic acids is 1. The Hall–Kier alpha value is -2.07. The van der Waals surface area contributed by atoms with Gasteiger partial charge in [0.1, 0.15) is 5.75 Å². The molecule has 0 heterocycles. The number of allylic oxidation sites excluding steroid dienone is 1. The predicted octanol–water partition coefficient (Wildman–Crippen LogP) is 4.31. The van der Waals surface area contributed by atoms with Crippen molar-refractivity contribution < 1.29 is 14.6 Å². The molecule has 0 amide bonds. The summed E-state index contributed by atoms with van der Waals surface area (Å²) in [6.45, 7) is 3.37. The maximum absolute atomic E-state index is 10.7. The monoisotopic (exact) mass is 346 g/mol. The van der Waals surface area contributed by atoms with E-state index in [1.54, 1.807) is 6.08 Å². The molecule has 0 aliphatic rings. The predicted molar refractivity (Wildman–Crippen MR) is 86.6 cm³/mol. The van der Waals surface area contributed by atoms with E-state index in [2.05, 4.69) is 22.5 Å². The summed E-state index contributed by atoms with van der Waals surface area (Å²) < 4.78 is 6.12. The van der Waals surface area contributed by atoms with Crippen LogP contribution in [0.1, 0.15) is 5.56 Å². The van der Waals surface area contributed by atoms with E-state index in [4.69, 9.17) is 9.84 Å². The summed E-state index contributed by atoms with van der Waals surface area (Å²) in [5, 5.41) is 8.76. The van der Waals surface area contributed by atoms with Crippen molar-refractivity contribution in [1.82, 2.24) is 0 Å². The van der Waals surface area contributed by atoms with E-state index in [1.807, 2.05) is 42.5 Å². The molecule has 2 rings (SSSR count). The Morgan fingerprint density at radius 3 is 2.57 bits per heavy atom. The van der Waals surface area contributed by atoms with Crippen LogP contribution < -0.4 is 4.74 Å². The molecule has 0 unspecified atom stereocenters. The number of hydrogen-bond acceptors (Lipinski definition) is 2.